The molecular weight excluding hydrogens is 398 g/mol. The van der Waals surface area contributed by atoms with Crippen molar-refractivity contribution in [3.8, 4) is 10.6 Å². The molecule has 0 spiro atoms. The van der Waals surface area contributed by atoms with Crippen LogP contribution in [0.25, 0.3) is 10.6 Å². The van der Waals surface area contributed by atoms with Gasteiger partial charge in [0.15, 0.2) is 0 Å². The quantitative estimate of drug-likeness (QED) is 0.599. The lowest BCUT2D eigenvalue weighted by atomic mass is 10.0. The molecule has 3 aromatic rings. The van der Waals surface area contributed by atoms with Gasteiger partial charge in [-0.15, -0.1) is 34.0 Å². The number of amides is 2. The maximum atomic E-state index is 12.6. The predicted octanol–water partition coefficient (Wildman–Crippen LogP) is 4.31. The van der Waals surface area contributed by atoms with Crippen molar-refractivity contribution >= 4 is 45.8 Å². The Bertz CT molecular complexity index is 912. The smallest absolute Gasteiger partial charge is 0.262 e. The predicted molar refractivity (Wildman–Crippen MR) is 112 cm³/mol. The Morgan fingerprint density at radius 3 is 2.63 bits per heavy atom. The van der Waals surface area contributed by atoms with E-state index < -0.39 is 6.04 Å². The van der Waals surface area contributed by atoms with Crippen molar-refractivity contribution < 1.29 is 9.59 Å². The summed E-state index contributed by atoms with van der Waals surface area (Å²) in [6.07, 6.45) is 0. The first-order valence-corrected chi connectivity index (χ1v) is 11.1. The van der Waals surface area contributed by atoms with Crippen LogP contribution in [0, 0.1) is 12.8 Å². The fourth-order valence-corrected chi connectivity index (χ4v) is 4.75. The number of hydrogen-bond donors (Lipinski definition) is 2. The number of aryl methyl sites for hydroxylation is 1. The van der Waals surface area contributed by atoms with Crippen molar-refractivity contribution in [3.63, 3.8) is 0 Å². The minimum Gasteiger partial charge on any atom is -0.349 e. The highest BCUT2D eigenvalue weighted by atomic mass is 32.1. The van der Waals surface area contributed by atoms with Gasteiger partial charge in [0.05, 0.1) is 27.0 Å². The lowest BCUT2D eigenvalue weighted by Gasteiger charge is -2.21. The zero-order chi connectivity index (χ0) is 19.4. The number of carbonyl (C=O) groups excluding carboxylic acids is 2. The van der Waals surface area contributed by atoms with Crippen LogP contribution in [0.1, 0.15) is 33.4 Å². The van der Waals surface area contributed by atoms with E-state index in [2.05, 4.69) is 15.6 Å². The Hall–Kier alpha value is -2.03. The number of thiophene rings is 2. The minimum atomic E-state index is -0.569. The number of hydrogen-bond acceptors (Lipinski definition) is 6. The molecule has 0 saturated carbocycles. The molecule has 3 aromatic heterocycles. The second-order valence-corrected chi connectivity index (χ2v) is 9.59. The van der Waals surface area contributed by atoms with Crippen LogP contribution in [0.2, 0.25) is 0 Å². The van der Waals surface area contributed by atoms with Gasteiger partial charge in [-0.2, -0.15) is 0 Å². The minimum absolute atomic E-state index is 0.00853. The maximum absolute atomic E-state index is 12.6. The highest BCUT2D eigenvalue weighted by Gasteiger charge is 2.25. The molecule has 3 heterocycles. The van der Waals surface area contributed by atoms with Gasteiger partial charge in [-0.3, -0.25) is 9.59 Å². The van der Waals surface area contributed by atoms with Crippen molar-refractivity contribution in [3.05, 3.63) is 49.8 Å². The second-order valence-electron chi connectivity index (χ2n) is 6.41. The third kappa shape index (κ3) is 5.03. The normalized spacial score (nSPS) is 12.1. The third-order valence-corrected chi connectivity index (χ3v) is 6.70. The standard InChI is InChI=1S/C19H21N3O2S3/c1-11(2)17(22-18(23)16-5-4-8-25-16)19(24)20-9-13-6-7-15(27-13)14-10-26-12(3)21-14/h4-8,10-11,17H,9H2,1-3H3,(H,20,24)(H,22,23)/t17-/m1/s1. The van der Waals surface area contributed by atoms with Gasteiger partial charge < -0.3 is 10.6 Å². The van der Waals surface area contributed by atoms with Crippen molar-refractivity contribution in [2.24, 2.45) is 5.92 Å². The van der Waals surface area contributed by atoms with Gasteiger partial charge in [0.25, 0.3) is 5.91 Å². The molecule has 0 aliphatic heterocycles. The summed E-state index contributed by atoms with van der Waals surface area (Å²) in [4.78, 5) is 32.1. The first-order chi connectivity index (χ1) is 12.9. The van der Waals surface area contributed by atoms with Crippen molar-refractivity contribution in [1.29, 1.82) is 0 Å². The fraction of sp³-hybridized carbons (Fsp3) is 0.316. The highest BCUT2D eigenvalue weighted by molar-refractivity contribution is 7.16. The zero-order valence-electron chi connectivity index (χ0n) is 15.3. The van der Waals surface area contributed by atoms with Crippen LogP contribution in [0.4, 0.5) is 0 Å². The molecule has 27 heavy (non-hydrogen) atoms. The first kappa shape index (κ1) is 19.7. The Morgan fingerprint density at radius 1 is 1.19 bits per heavy atom. The average molecular weight is 420 g/mol. The second kappa shape index (κ2) is 8.77. The Morgan fingerprint density at radius 2 is 2.00 bits per heavy atom. The summed E-state index contributed by atoms with van der Waals surface area (Å²) in [5.74, 6) is -0.392. The summed E-state index contributed by atoms with van der Waals surface area (Å²) in [6.45, 7) is 6.27. The molecule has 2 amide bonds. The number of rotatable bonds is 7. The average Bonchev–Trinajstić information content (AvgIpc) is 3.37. The van der Waals surface area contributed by atoms with Gasteiger partial charge in [-0.05, 0) is 36.4 Å². The molecule has 0 unspecified atom stereocenters. The van der Waals surface area contributed by atoms with Crippen LogP contribution in [0.5, 0.6) is 0 Å². The van der Waals surface area contributed by atoms with Crippen LogP contribution >= 0.6 is 34.0 Å². The van der Waals surface area contributed by atoms with Crippen LogP contribution < -0.4 is 10.6 Å². The number of nitrogens with zero attached hydrogens (tertiary/aromatic N) is 1. The van der Waals surface area contributed by atoms with Crippen molar-refractivity contribution in [2.45, 2.75) is 33.4 Å². The Labute approximate surface area is 170 Å². The molecule has 2 N–H and O–H groups in total. The molecule has 0 radical (unpaired) electrons. The van der Waals surface area contributed by atoms with E-state index in [4.69, 9.17) is 0 Å². The molecule has 5 nitrogen and oxygen atoms in total. The topological polar surface area (TPSA) is 71.1 Å². The third-order valence-electron chi connectivity index (χ3n) is 3.95. The Kier molecular flexibility index (Phi) is 6.41. The van der Waals surface area contributed by atoms with Crippen molar-refractivity contribution in [1.82, 2.24) is 15.6 Å². The summed E-state index contributed by atoms with van der Waals surface area (Å²) in [6, 6.07) is 7.04. The van der Waals surface area contributed by atoms with Crippen LogP contribution in [0.15, 0.2) is 35.0 Å². The first-order valence-electron chi connectivity index (χ1n) is 8.57. The molecule has 8 heteroatoms. The number of thiazole rings is 1. The molecule has 1 atom stereocenters. The van der Waals surface area contributed by atoms with Crippen LogP contribution in [-0.4, -0.2) is 22.8 Å². The molecule has 142 valence electrons. The van der Waals surface area contributed by atoms with Gasteiger partial charge >= 0.3 is 0 Å². The summed E-state index contributed by atoms with van der Waals surface area (Å²) in [5.41, 5.74) is 0.975. The Balaban J connectivity index is 1.59. The summed E-state index contributed by atoms with van der Waals surface area (Å²) in [7, 11) is 0. The summed E-state index contributed by atoms with van der Waals surface area (Å²) in [5, 5.41) is 10.7. The molecule has 0 aromatic carbocycles. The van der Waals surface area contributed by atoms with E-state index in [0.29, 0.717) is 11.4 Å². The van der Waals surface area contributed by atoms with Gasteiger partial charge in [0.2, 0.25) is 5.91 Å². The van der Waals surface area contributed by atoms with Crippen LogP contribution in [-0.2, 0) is 11.3 Å². The van der Waals surface area contributed by atoms with Gasteiger partial charge in [-0.25, -0.2) is 4.98 Å². The summed E-state index contributed by atoms with van der Waals surface area (Å²) < 4.78 is 0. The molecular formula is C19H21N3O2S3. The number of carbonyl (C=O) groups is 2. The van der Waals surface area contributed by atoms with Gasteiger partial charge in [-0.1, -0.05) is 19.9 Å². The number of nitrogens with one attached hydrogen (secondary N) is 2. The van der Waals surface area contributed by atoms with E-state index in [1.807, 2.05) is 49.7 Å². The molecule has 3 rings (SSSR count). The molecule has 0 saturated heterocycles. The van der Waals surface area contributed by atoms with E-state index in [-0.39, 0.29) is 17.7 Å². The van der Waals surface area contributed by atoms with Gasteiger partial charge in [0.1, 0.15) is 6.04 Å². The summed E-state index contributed by atoms with van der Waals surface area (Å²) >= 11 is 4.60. The van der Waals surface area contributed by atoms with E-state index in [0.717, 1.165) is 20.5 Å². The molecule has 0 fully saturated rings. The van der Waals surface area contributed by atoms with Crippen LogP contribution in [0.3, 0.4) is 0 Å². The van der Waals surface area contributed by atoms with Crippen molar-refractivity contribution in [2.75, 3.05) is 0 Å². The molecule has 0 bridgehead atoms. The van der Waals surface area contributed by atoms with E-state index in [1.165, 1.54) is 11.3 Å². The number of aromatic nitrogens is 1. The molecule has 0 aliphatic carbocycles. The lowest BCUT2D eigenvalue weighted by molar-refractivity contribution is -0.124. The fourth-order valence-electron chi connectivity index (χ4n) is 2.53. The van der Waals surface area contributed by atoms with Gasteiger partial charge in [0, 0.05) is 10.3 Å². The van der Waals surface area contributed by atoms with E-state index >= 15 is 0 Å². The maximum Gasteiger partial charge on any atom is 0.262 e. The largest absolute Gasteiger partial charge is 0.349 e. The van der Waals surface area contributed by atoms with E-state index in [1.54, 1.807) is 28.7 Å². The monoisotopic (exact) mass is 419 g/mol. The molecule has 0 aliphatic rings. The highest BCUT2D eigenvalue weighted by Crippen LogP contribution is 2.28. The SMILES string of the molecule is Cc1nc(-c2ccc(CNC(=O)[C@H](NC(=O)c3cccs3)C(C)C)s2)cs1. The van der Waals surface area contributed by atoms with E-state index in [9.17, 15) is 9.59 Å². The lowest BCUT2D eigenvalue weighted by Crippen LogP contribution is -2.49. The zero-order valence-corrected chi connectivity index (χ0v) is 17.8.